The number of pyridine rings is 1. The highest BCUT2D eigenvalue weighted by Gasteiger charge is 2.13. The SMILES string of the molecule is Cc1cncc(N(C(C)C)C(C)C)c1. The standard InChI is InChI=1S/C12H20N2/c1-9(2)14(10(3)4)12-6-11(5)7-13-8-12/h6-10H,1-5H3. The minimum atomic E-state index is 0.513. The first-order chi connectivity index (χ1) is 6.52. The first kappa shape index (κ1) is 11.0. The van der Waals surface area contributed by atoms with Crippen LogP contribution in [0.4, 0.5) is 5.69 Å². The number of aromatic nitrogens is 1. The lowest BCUT2D eigenvalue weighted by Gasteiger charge is -2.32. The number of hydrogen-bond acceptors (Lipinski definition) is 2. The molecule has 1 aromatic heterocycles. The topological polar surface area (TPSA) is 16.1 Å². The van der Waals surface area contributed by atoms with Crippen molar-refractivity contribution in [2.75, 3.05) is 4.90 Å². The van der Waals surface area contributed by atoms with Gasteiger partial charge in [-0.15, -0.1) is 0 Å². The molecule has 0 bridgehead atoms. The molecule has 0 saturated carbocycles. The summed E-state index contributed by atoms with van der Waals surface area (Å²) < 4.78 is 0. The Morgan fingerprint density at radius 2 is 1.64 bits per heavy atom. The molecule has 0 fully saturated rings. The summed E-state index contributed by atoms with van der Waals surface area (Å²) in [5, 5.41) is 0. The van der Waals surface area contributed by atoms with Gasteiger partial charge in [-0.1, -0.05) is 0 Å². The fourth-order valence-corrected chi connectivity index (χ4v) is 1.87. The predicted octanol–water partition coefficient (Wildman–Crippen LogP) is 3.01. The zero-order valence-corrected chi connectivity index (χ0v) is 9.78. The zero-order valence-electron chi connectivity index (χ0n) is 9.78. The summed E-state index contributed by atoms with van der Waals surface area (Å²) in [5.41, 5.74) is 2.43. The summed E-state index contributed by atoms with van der Waals surface area (Å²) in [4.78, 5) is 6.60. The number of hydrogen-bond donors (Lipinski definition) is 0. The third kappa shape index (κ3) is 2.47. The van der Waals surface area contributed by atoms with E-state index in [9.17, 15) is 0 Å². The van der Waals surface area contributed by atoms with E-state index in [4.69, 9.17) is 0 Å². The van der Waals surface area contributed by atoms with Crippen molar-refractivity contribution in [3.63, 3.8) is 0 Å². The number of aryl methyl sites for hydroxylation is 1. The van der Waals surface area contributed by atoms with Gasteiger partial charge in [0, 0.05) is 18.3 Å². The van der Waals surface area contributed by atoms with Crippen molar-refractivity contribution in [1.82, 2.24) is 4.98 Å². The van der Waals surface area contributed by atoms with Crippen molar-refractivity contribution < 1.29 is 0 Å². The van der Waals surface area contributed by atoms with E-state index in [-0.39, 0.29) is 0 Å². The van der Waals surface area contributed by atoms with E-state index in [1.54, 1.807) is 0 Å². The third-order valence-electron chi connectivity index (χ3n) is 2.27. The Bertz CT molecular complexity index is 284. The Labute approximate surface area is 87.0 Å². The van der Waals surface area contributed by atoms with Gasteiger partial charge in [0.2, 0.25) is 0 Å². The summed E-state index contributed by atoms with van der Waals surface area (Å²) in [7, 11) is 0. The lowest BCUT2D eigenvalue weighted by atomic mass is 10.2. The first-order valence-electron chi connectivity index (χ1n) is 5.22. The molecular formula is C12H20N2. The maximum atomic E-state index is 4.23. The van der Waals surface area contributed by atoms with Crippen molar-refractivity contribution in [2.45, 2.75) is 46.7 Å². The maximum absolute atomic E-state index is 4.23. The molecule has 0 spiro atoms. The fourth-order valence-electron chi connectivity index (χ4n) is 1.87. The van der Waals surface area contributed by atoms with Crippen LogP contribution in [0.15, 0.2) is 18.5 Å². The lowest BCUT2D eigenvalue weighted by Crippen LogP contribution is -2.37. The molecule has 0 aliphatic heterocycles. The Balaban J connectivity index is 2.99. The maximum Gasteiger partial charge on any atom is 0.0560 e. The molecule has 2 nitrogen and oxygen atoms in total. The van der Waals surface area contributed by atoms with Crippen LogP contribution in [0.1, 0.15) is 33.3 Å². The van der Waals surface area contributed by atoms with Gasteiger partial charge in [0.05, 0.1) is 11.9 Å². The van der Waals surface area contributed by atoms with Crippen molar-refractivity contribution in [3.05, 3.63) is 24.0 Å². The van der Waals surface area contributed by atoms with Crippen molar-refractivity contribution >= 4 is 5.69 Å². The molecule has 1 rings (SSSR count). The van der Waals surface area contributed by atoms with Crippen molar-refractivity contribution in [1.29, 1.82) is 0 Å². The van der Waals surface area contributed by atoms with E-state index in [1.165, 1.54) is 11.3 Å². The van der Waals surface area contributed by atoms with Crippen LogP contribution in [-0.2, 0) is 0 Å². The minimum absolute atomic E-state index is 0.513. The number of anilines is 1. The van der Waals surface area contributed by atoms with E-state index in [1.807, 2.05) is 12.4 Å². The molecule has 1 aromatic rings. The van der Waals surface area contributed by atoms with Gasteiger partial charge in [-0.2, -0.15) is 0 Å². The molecule has 0 radical (unpaired) electrons. The largest absolute Gasteiger partial charge is 0.365 e. The normalized spacial score (nSPS) is 11.1. The average molecular weight is 192 g/mol. The van der Waals surface area contributed by atoms with E-state index in [0.29, 0.717) is 12.1 Å². The van der Waals surface area contributed by atoms with Crippen LogP contribution in [0.5, 0.6) is 0 Å². The second-order valence-corrected chi connectivity index (χ2v) is 4.32. The Hall–Kier alpha value is -1.05. The van der Waals surface area contributed by atoms with Gasteiger partial charge in [-0.05, 0) is 46.2 Å². The van der Waals surface area contributed by atoms with E-state index < -0.39 is 0 Å². The van der Waals surface area contributed by atoms with E-state index in [2.05, 4.69) is 50.6 Å². The predicted molar refractivity (Wildman–Crippen MR) is 61.7 cm³/mol. The van der Waals surface area contributed by atoms with Crippen LogP contribution in [0, 0.1) is 6.92 Å². The second-order valence-electron chi connectivity index (χ2n) is 4.32. The highest BCUT2D eigenvalue weighted by Crippen LogP contribution is 2.19. The molecule has 0 N–H and O–H groups in total. The molecule has 78 valence electrons. The molecule has 1 heterocycles. The minimum Gasteiger partial charge on any atom is -0.365 e. The molecule has 14 heavy (non-hydrogen) atoms. The summed E-state index contributed by atoms with van der Waals surface area (Å²) in [6, 6.07) is 3.21. The van der Waals surface area contributed by atoms with Gasteiger partial charge in [0.15, 0.2) is 0 Å². The quantitative estimate of drug-likeness (QED) is 0.732. The number of rotatable bonds is 3. The highest BCUT2D eigenvalue weighted by atomic mass is 15.2. The third-order valence-corrected chi connectivity index (χ3v) is 2.27. The summed E-state index contributed by atoms with van der Waals surface area (Å²) in [6.07, 6.45) is 3.83. The first-order valence-corrected chi connectivity index (χ1v) is 5.22. The number of nitrogens with zero attached hydrogens (tertiary/aromatic N) is 2. The van der Waals surface area contributed by atoms with Crippen molar-refractivity contribution in [2.24, 2.45) is 0 Å². The van der Waals surface area contributed by atoms with Crippen LogP contribution in [0.2, 0.25) is 0 Å². The molecule has 0 atom stereocenters. The van der Waals surface area contributed by atoms with Gasteiger partial charge < -0.3 is 4.90 Å². The Morgan fingerprint density at radius 3 is 2.07 bits per heavy atom. The highest BCUT2D eigenvalue weighted by molar-refractivity contribution is 5.47. The van der Waals surface area contributed by atoms with Gasteiger partial charge in [0.1, 0.15) is 0 Å². The average Bonchev–Trinajstić information content (AvgIpc) is 2.02. The van der Waals surface area contributed by atoms with Gasteiger partial charge in [-0.25, -0.2) is 0 Å². The molecule has 0 amide bonds. The lowest BCUT2D eigenvalue weighted by molar-refractivity contribution is 0.607. The van der Waals surface area contributed by atoms with Gasteiger partial charge >= 0.3 is 0 Å². The van der Waals surface area contributed by atoms with Gasteiger partial charge in [-0.3, -0.25) is 4.98 Å². The Morgan fingerprint density at radius 1 is 1.07 bits per heavy atom. The van der Waals surface area contributed by atoms with Crippen molar-refractivity contribution in [3.8, 4) is 0 Å². The zero-order chi connectivity index (χ0) is 10.7. The summed E-state index contributed by atoms with van der Waals surface area (Å²) >= 11 is 0. The molecule has 0 saturated heterocycles. The van der Waals surface area contributed by atoms with Crippen LogP contribution in [-0.4, -0.2) is 17.1 Å². The van der Waals surface area contributed by atoms with Crippen LogP contribution >= 0.6 is 0 Å². The van der Waals surface area contributed by atoms with E-state index in [0.717, 1.165) is 0 Å². The molecule has 0 unspecified atom stereocenters. The monoisotopic (exact) mass is 192 g/mol. The molecule has 0 aliphatic rings. The molecule has 0 aromatic carbocycles. The van der Waals surface area contributed by atoms with Gasteiger partial charge in [0.25, 0.3) is 0 Å². The Kier molecular flexibility index (Phi) is 3.50. The van der Waals surface area contributed by atoms with Crippen LogP contribution in [0.25, 0.3) is 0 Å². The molecular weight excluding hydrogens is 172 g/mol. The smallest absolute Gasteiger partial charge is 0.0560 e. The van der Waals surface area contributed by atoms with E-state index >= 15 is 0 Å². The molecule has 0 aliphatic carbocycles. The summed E-state index contributed by atoms with van der Waals surface area (Å²) in [5.74, 6) is 0. The summed E-state index contributed by atoms with van der Waals surface area (Å²) in [6.45, 7) is 10.9. The van der Waals surface area contributed by atoms with Crippen LogP contribution in [0.3, 0.4) is 0 Å². The molecule has 2 heteroatoms. The second kappa shape index (κ2) is 4.45. The van der Waals surface area contributed by atoms with Crippen LogP contribution < -0.4 is 4.90 Å². The fraction of sp³-hybridized carbons (Fsp3) is 0.583.